The number of carbonyl (C=O) groups excluding carboxylic acids is 6. The minimum absolute atomic E-state index is 0.125. The van der Waals surface area contributed by atoms with Crippen molar-refractivity contribution in [2.45, 2.75) is 81.8 Å². The molecule has 59 heavy (non-hydrogen) atoms. The molecule has 3 aromatic carbocycles. The van der Waals surface area contributed by atoms with E-state index < -0.39 is 78.6 Å². The maximum atomic E-state index is 14.4. The monoisotopic (exact) mass is 836 g/mol. The number of nitrogens with two attached hydrogens (primary N) is 1. The number of carbonyl (C=O) groups is 6. The van der Waals surface area contributed by atoms with Gasteiger partial charge in [-0.15, -0.1) is 0 Å². The van der Waals surface area contributed by atoms with E-state index in [2.05, 4.69) is 16.0 Å². The van der Waals surface area contributed by atoms with E-state index in [4.69, 9.17) is 15.5 Å². The quantitative estimate of drug-likeness (QED) is 0.103. The zero-order valence-corrected chi connectivity index (χ0v) is 33.3. The van der Waals surface area contributed by atoms with Crippen molar-refractivity contribution in [2.75, 3.05) is 13.1 Å². The summed E-state index contributed by atoms with van der Waals surface area (Å²) in [6, 6.07) is 17.6. The van der Waals surface area contributed by atoms with Crippen molar-refractivity contribution in [3.8, 4) is 0 Å². The van der Waals surface area contributed by atoms with Crippen LogP contribution in [-0.2, 0) is 39.0 Å². The van der Waals surface area contributed by atoms with Gasteiger partial charge in [-0.3, -0.25) is 33.3 Å². The second kappa shape index (κ2) is 18.9. The van der Waals surface area contributed by atoms with Gasteiger partial charge in [-0.05, 0) is 54.9 Å². The molecule has 3 aromatic rings. The minimum Gasteiger partial charge on any atom is -0.370 e. The molecule has 0 radical (unpaired) electrons. The van der Waals surface area contributed by atoms with E-state index in [1.807, 2.05) is 60.7 Å². The van der Waals surface area contributed by atoms with Gasteiger partial charge in [0.2, 0.25) is 35.4 Å². The van der Waals surface area contributed by atoms with Gasteiger partial charge in [0.1, 0.15) is 18.1 Å². The number of allylic oxidation sites excluding steroid dienone is 1. The molecule has 15 nitrogen and oxygen atoms in total. The molecule has 5 rings (SSSR count). The van der Waals surface area contributed by atoms with Crippen molar-refractivity contribution in [1.29, 1.82) is 0 Å². The Balaban J connectivity index is 1.35. The lowest BCUT2D eigenvalue weighted by Gasteiger charge is -2.38. The van der Waals surface area contributed by atoms with Crippen molar-refractivity contribution >= 4 is 48.6 Å². The highest BCUT2D eigenvalue weighted by atomic mass is 31.2. The Morgan fingerprint density at radius 2 is 1.49 bits per heavy atom. The summed E-state index contributed by atoms with van der Waals surface area (Å²) in [5, 5.41) is 8.38. The van der Waals surface area contributed by atoms with Crippen molar-refractivity contribution in [2.24, 2.45) is 5.73 Å². The third kappa shape index (κ3) is 10.8. The number of fused-ring (bicyclic) bond motifs is 1. The number of hydrogen-bond acceptors (Lipinski definition) is 7. The smallest absolute Gasteiger partial charge is 0.370 e. The first kappa shape index (κ1) is 44.3. The molecule has 0 aromatic heterocycles. The van der Waals surface area contributed by atoms with E-state index in [-0.39, 0.29) is 49.4 Å². The maximum absolute atomic E-state index is 14.4. The van der Waals surface area contributed by atoms with Crippen molar-refractivity contribution in [3.05, 3.63) is 113 Å². The molecule has 0 saturated carbocycles. The molecule has 2 aliphatic heterocycles. The first-order chi connectivity index (χ1) is 27.9. The number of benzene rings is 3. The van der Waals surface area contributed by atoms with Gasteiger partial charge in [0.25, 0.3) is 0 Å². The van der Waals surface area contributed by atoms with Crippen LogP contribution in [0.4, 0.5) is 8.78 Å². The van der Waals surface area contributed by atoms with E-state index in [9.17, 15) is 42.1 Å². The van der Waals surface area contributed by atoms with Crippen LogP contribution in [0.1, 0.15) is 74.2 Å². The summed E-state index contributed by atoms with van der Waals surface area (Å²) in [7, 11) is -5.80. The number of rotatable bonds is 14. The molecule has 0 aliphatic carbocycles. The summed E-state index contributed by atoms with van der Waals surface area (Å²) < 4.78 is 39.7. The van der Waals surface area contributed by atoms with E-state index in [0.29, 0.717) is 12.8 Å². The molecule has 0 bridgehead atoms. The van der Waals surface area contributed by atoms with Crippen LogP contribution in [0.2, 0.25) is 0 Å². The van der Waals surface area contributed by atoms with E-state index >= 15 is 0 Å². The summed E-state index contributed by atoms with van der Waals surface area (Å²) in [6.07, 6.45) is 1.69. The van der Waals surface area contributed by atoms with Gasteiger partial charge in [-0.25, -0.2) is 0 Å². The standard InChI is InChI=1S/C41H47F2N6O9P/c1-25(27-13-15-30(16-14-27)41(42,43)59(56,57)58)23-36(52)45-33-24-48(26(2)50)22-21-31-17-19-34(49(31)40(33)55)39(54)46-32(18-20-35(44)51)38(53)47-37(28-9-5-3-6-10-28)29-11-7-4-8-12-29/h3-16,23,31-34,37H,17-22,24H2,1-2H3,(H2,44,51)(H,45,52)(H,46,54)(H,47,53)(H2,56,57,58)/b25-23+/t31-,32+,33+,34+/m1/s1. The number of nitrogens with zero attached hydrogens (tertiary/aromatic N) is 2. The molecule has 314 valence electrons. The van der Waals surface area contributed by atoms with Crippen LogP contribution in [0.25, 0.3) is 5.57 Å². The fourth-order valence-electron chi connectivity index (χ4n) is 7.34. The van der Waals surface area contributed by atoms with Crippen LogP contribution < -0.4 is 21.7 Å². The van der Waals surface area contributed by atoms with E-state index in [0.717, 1.165) is 41.5 Å². The van der Waals surface area contributed by atoms with Crippen LogP contribution >= 0.6 is 7.60 Å². The summed E-state index contributed by atoms with van der Waals surface area (Å²) in [6.45, 7) is 2.81. The van der Waals surface area contributed by atoms with Crippen molar-refractivity contribution < 1.29 is 51.9 Å². The number of primary amides is 1. The first-order valence-corrected chi connectivity index (χ1v) is 20.6. The van der Waals surface area contributed by atoms with E-state index in [1.165, 1.54) is 23.6 Å². The van der Waals surface area contributed by atoms with Crippen LogP contribution in [0.3, 0.4) is 0 Å². The molecule has 0 spiro atoms. The molecule has 4 atom stereocenters. The molecule has 0 unspecified atom stereocenters. The highest BCUT2D eigenvalue weighted by Gasteiger charge is 2.50. The molecule has 18 heteroatoms. The number of halogens is 2. The van der Waals surface area contributed by atoms with Gasteiger partial charge >= 0.3 is 13.3 Å². The van der Waals surface area contributed by atoms with Gasteiger partial charge in [-0.2, -0.15) is 8.78 Å². The summed E-state index contributed by atoms with van der Waals surface area (Å²) in [5.74, 6) is -3.69. The van der Waals surface area contributed by atoms with Crippen LogP contribution in [-0.4, -0.2) is 92.3 Å². The van der Waals surface area contributed by atoms with Gasteiger partial charge in [0.15, 0.2) is 0 Å². The highest BCUT2D eigenvalue weighted by Crippen LogP contribution is 2.59. The Morgan fingerprint density at radius 3 is 2.03 bits per heavy atom. The topological polar surface area (TPSA) is 229 Å². The fraction of sp³-hybridized carbons (Fsp3) is 0.366. The summed E-state index contributed by atoms with van der Waals surface area (Å²) >= 11 is 0. The Morgan fingerprint density at radius 1 is 0.898 bits per heavy atom. The largest absolute Gasteiger partial charge is 0.399 e. The van der Waals surface area contributed by atoms with Gasteiger partial charge in [-0.1, -0.05) is 84.9 Å². The third-order valence-corrected chi connectivity index (χ3v) is 11.5. The fourth-order valence-corrected chi connectivity index (χ4v) is 7.82. The molecule has 2 heterocycles. The zero-order valence-electron chi connectivity index (χ0n) is 32.4. The normalized spacial score (nSPS) is 19.3. The van der Waals surface area contributed by atoms with Gasteiger partial charge < -0.3 is 41.3 Å². The Bertz CT molecular complexity index is 2080. The summed E-state index contributed by atoms with van der Waals surface area (Å²) in [5.41, 5.74) is 2.18. The molecule has 7 N–H and O–H groups in total. The predicted octanol–water partition coefficient (Wildman–Crippen LogP) is 3.07. The molecule has 2 aliphatic rings. The molecular weight excluding hydrogens is 789 g/mol. The molecule has 6 amide bonds. The number of amides is 6. The highest BCUT2D eigenvalue weighted by molar-refractivity contribution is 7.52. The molecule has 2 fully saturated rings. The van der Waals surface area contributed by atoms with Gasteiger partial charge in [0.05, 0.1) is 6.04 Å². The lowest BCUT2D eigenvalue weighted by atomic mass is 9.98. The van der Waals surface area contributed by atoms with Crippen molar-refractivity contribution in [3.63, 3.8) is 0 Å². The van der Waals surface area contributed by atoms with Crippen molar-refractivity contribution in [1.82, 2.24) is 25.8 Å². The SMILES string of the molecule is CC(=O)N1CC[C@H]2CC[C@@H](C(=O)N[C@@H](CCC(N)=O)C(=O)NC(c3ccccc3)c3ccccc3)N2C(=O)[C@@H](NC(=O)/C=C(\C)c2ccc(C(F)(F)P(=O)(O)O)cc2)C1. The Kier molecular flexibility index (Phi) is 14.2. The van der Waals surface area contributed by atoms with Gasteiger partial charge in [0, 0.05) is 44.1 Å². The number of alkyl halides is 2. The lowest BCUT2D eigenvalue weighted by Crippen LogP contribution is -2.61. The third-order valence-electron chi connectivity index (χ3n) is 10.5. The Hall–Kier alpha value is -5.77. The second-order valence-corrected chi connectivity index (χ2v) is 16.3. The lowest BCUT2D eigenvalue weighted by molar-refractivity contribution is -0.146. The average Bonchev–Trinajstić information content (AvgIpc) is 3.62. The van der Waals surface area contributed by atoms with Crippen LogP contribution in [0, 0.1) is 0 Å². The Labute approximate surface area is 339 Å². The number of nitrogens with one attached hydrogen (secondary N) is 3. The summed E-state index contributed by atoms with van der Waals surface area (Å²) in [4.78, 5) is 101. The predicted molar refractivity (Wildman–Crippen MR) is 212 cm³/mol. The first-order valence-electron chi connectivity index (χ1n) is 19.0. The zero-order chi connectivity index (χ0) is 43.1. The second-order valence-electron chi connectivity index (χ2n) is 14.6. The maximum Gasteiger partial charge on any atom is 0.399 e. The average molecular weight is 837 g/mol. The molecular formula is C41H47F2N6O9P. The number of hydrogen-bond donors (Lipinski definition) is 6. The van der Waals surface area contributed by atoms with E-state index in [1.54, 1.807) is 0 Å². The molecule has 2 saturated heterocycles. The van der Waals surface area contributed by atoms with Crippen LogP contribution in [0.15, 0.2) is 91.0 Å². The minimum atomic E-state index is -5.80. The van der Waals surface area contributed by atoms with Crippen LogP contribution in [0.5, 0.6) is 0 Å².